The molecule has 2 aromatic rings. The molecule has 0 bridgehead atoms. The lowest BCUT2D eigenvalue weighted by Gasteiger charge is -2.21. The average molecular weight is 365 g/mol. The van der Waals surface area contributed by atoms with E-state index in [2.05, 4.69) is 11.8 Å². The van der Waals surface area contributed by atoms with E-state index in [1.54, 1.807) is 19.1 Å². The van der Waals surface area contributed by atoms with Gasteiger partial charge in [-0.15, -0.1) is 0 Å². The van der Waals surface area contributed by atoms with Crippen molar-refractivity contribution >= 4 is 17.2 Å². The van der Waals surface area contributed by atoms with Gasteiger partial charge in [0.1, 0.15) is 5.75 Å². The van der Waals surface area contributed by atoms with Gasteiger partial charge >= 0.3 is 5.97 Å². The third kappa shape index (κ3) is 4.61. The van der Waals surface area contributed by atoms with Gasteiger partial charge in [-0.1, -0.05) is 42.1 Å². The van der Waals surface area contributed by atoms with E-state index >= 15 is 0 Å². The van der Waals surface area contributed by atoms with Crippen LogP contribution in [-0.4, -0.2) is 19.7 Å². The highest BCUT2D eigenvalue weighted by Gasteiger charge is 2.22. The number of anilines is 1. The Hall–Kier alpha value is -3.41. The van der Waals surface area contributed by atoms with Gasteiger partial charge in [0, 0.05) is 0 Å². The number of methoxy groups -OCH3 is 1. The van der Waals surface area contributed by atoms with Gasteiger partial charge in [0.2, 0.25) is 0 Å². The minimum atomic E-state index is -0.545. The lowest BCUT2D eigenvalue weighted by atomic mass is 9.97. The maximum Gasteiger partial charge on any atom is 0.340 e. The number of nitrogens with zero attached hydrogens (tertiary/aromatic N) is 2. The lowest BCUT2D eigenvalue weighted by Crippen LogP contribution is -2.19. The molecule has 0 aliphatic carbocycles. The Labute approximate surface area is 159 Å². The fourth-order valence-corrected chi connectivity index (χ4v) is 2.66. The number of carbonyl (C=O) groups excluding carboxylic acids is 1. The van der Waals surface area contributed by atoms with Crippen LogP contribution in [0.5, 0.6) is 5.75 Å². The number of para-hydroxylation sites is 1. The summed E-state index contributed by atoms with van der Waals surface area (Å²) < 4.78 is 10.4. The molecule has 0 unspecified atom stereocenters. The van der Waals surface area contributed by atoms with E-state index < -0.39 is 5.97 Å². The van der Waals surface area contributed by atoms with Crippen LogP contribution in [-0.2, 0) is 9.53 Å². The summed E-state index contributed by atoms with van der Waals surface area (Å²) in [6.45, 7) is 8.26. The van der Waals surface area contributed by atoms with Crippen LogP contribution >= 0.6 is 0 Å². The number of nitrogens with one attached hydrogen (secondary N) is 1. The van der Waals surface area contributed by atoms with Gasteiger partial charge < -0.3 is 9.47 Å². The van der Waals surface area contributed by atoms with Crippen molar-refractivity contribution in [3.8, 4) is 5.75 Å². The van der Waals surface area contributed by atoms with E-state index in [0.29, 0.717) is 23.6 Å². The number of carbonyl (C=O) groups is 1. The Balaban J connectivity index is 2.49. The Morgan fingerprint density at radius 2 is 1.78 bits per heavy atom. The first kappa shape index (κ1) is 19.9. The van der Waals surface area contributed by atoms with Gasteiger partial charge in [-0.2, -0.15) is 5.53 Å². The smallest absolute Gasteiger partial charge is 0.340 e. The van der Waals surface area contributed by atoms with Crippen molar-refractivity contribution in [2.75, 3.05) is 18.7 Å². The molecule has 0 heterocycles. The number of hydrogen-bond acceptors (Lipinski definition) is 5. The molecule has 0 saturated heterocycles. The molecular formula is C21H23N3O3. The normalized spacial score (nSPS) is 11.2. The molecule has 0 saturated carbocycles. The molecule has 0 aliphatic rings. The number of esters is 1. The van der Waals surface area contributed by atoms with Crippen molar-refractivity contribution in [2.24, 2.45) is 5.22 Å². The number of benzene rings is 2. The van der Waals surface area contributed by atoms with Crippen molar-refractivity contribution < 1.29 is 14.3 Å². The van der Waals surface area contributed by atoms with Crippen molar-refractivity contribution in [1.29, 1.82) is 5.53 Å². The van der Waals surface area contributed by atoms with E-state index in [-0.39, 0.29) is 5.57 Å². The predicted octanol–water partition coefficient (Wildman–Crippen LogP) is 5.00. The van der Waals surface area contributed by atoms with Gasteiger partial charge in [0.25, 0.3) is 0 Å². The fourth-order valence-electron chi connectivity index (χ4n) is 2.66. The minimum Gasteiger partial charge on any atom is -0.494 e. The van der Waals surface area contributed by atoms with Crippen LogP contribution in [0.2, 0.25) is 0 Å². The average Bonchev–Trinajstić information content (AvgIpc) is 2.70. The molecule has 0 fully saturated rings. The predicted molar refractivity (Wildman–Crippen MR) is 105 cm³/mol. The highest BCUT2D eigenvalue weighted by molar-refractivity contribution is 6.06. The van der Waals surface area contributed by atoms with Crippen LogP contribution in [0, 0.1) is 5.53 Å². The third-order valence-corrected chi connectivity index (χ3v) is 3.99. The van der Waals surface area contributed by atoms with Crippen molar-refractivity contribution in [3.05, 3.63) is 78.0 Å². The van der Waals surface area contributed by atoms with Gasteiger partial charge in [0.05, 0.1) is 30.7 Å². The summed E-state index contributed by atoms with van der Waals surface area (Å²) in [6.07, 6.45) is 0. The molecule has 0 radical (unpaired) electrons. The number of allylic oxidation sites excluding steroid dienone is 1. The highest BCUT2D eigenvalue weighted by Crippen LogP contribution is 2.30. The van der Waals surface area contributed by atoms with E-state index in [1.807, 2.05) is 49.4 Å². The number of ether oxygens (including phenoxy) is 2. The van der Waals surface area contributed by atoms with Crippen molar-refractivity contribution in [2.45, 2.75) is 13.8 Å². The Kier molecular flexibility index (Phi) is 6.88. The molecule has 2 rings (SSSR count). The van der Waals surface area contributed by atoms with Crippen LogP contribution in [0.1, 0.15) is 19.4 Å². The molecule has 0 spiro atoms. The van der Waals surface area contributed by atoms with Crippen LogP contribution in [0.4, 0.5) is 5.69 Å². The first-order chi connectivity index (χ1) is 13.0. The second kappa shape index (κ2) is 9.33. The molecule has 6 heteroatoms. The minimum absolute atomic E-state index is 0.251. The summed E-state index contributed by atoms with van der Waals surface area (Å²) in [6, 6.07) is 16.4. The monoisotopic (exact) mass is 365 g/mol. The molecule has 0 amide bonds. The summed E-state index contributed by atoms with van der Waals surface area (Å²) in [5, 5.41) is 4.93. The van der Waals surface area contributed by atoms with Crippen molar-refractivity contribution in [1.82, 2.24) is 0 Å². The Bertz CT molecular complexity index is 843. The van der Waals surface area contributed by atoms with Crippen LogP contribution in [0.15, 0.2) is 77.7 Å². The van der Waals surface area contributed by atoms with E-state index in [0.717, 1.165) is 11.3 Å². The Morgan fingerprint density at radius 1 is 1.15 bits per heavy atom. The molecule has 1 N–H and O–H groups in total. The summed E-state index contributed by atoms with van der Waals surface area (Å²) >= 11 is 0. The number of rotatable bonds is 8. The van der Waals surface area contributed by atoms with Crippen LogP contribution < -0.4 is 9.75 Å². The van der Waals surface area contributed by atoms with Gasteiger partial charge in [0.15, 0.2) is 0 Å². The molecule has 6 nitrogen and oxygen atoms in total. The van der Waals surface area contributed by atoms with Gasteiger partial charge in [-0.05, 0) is 49.2 Å². The molecular weight excluding hydrogens is 342 g/mol. The maximum absolute atomic E-state index is 12.5. The molecule has 0 aromatic heterocycles. The fraction of sp³-hybridized carbons (Fsp3) is 0.190. The van der Waals surface area contributed by atoms with Crippen LogP contribution in [0.25, 0.3) is 5.57 Å². The summed E-state index contributed by atoms with van der Waals surface area (Å²) in [7, 11) is 1.31. The van der Waals surface area contributed by atoms with Crippen molar-refractivity contribution in [3.63, 3.8) is 0 Å². The highest BCUT2D eigenvalue weighted by atomic mass is 16.5. The second-order valence-electron chi connectivity index (χ2n) is 5.64. The largest absolute Gasteiger partial charge is 0.494 e. The van der Waals surface area contributed by atoms with E-state index in [4.69, 9.17) is 15.0 Å². The van der Waals surface area contributed by atoms with Gasteiger partial charge in [-0.25, -0.2) is 9.80 Å². The van der Waals surface area contributed by atoms with Crippen LogP contribution in [0.3, 0.4) is 0 Å². The summed E-state index contributed by atoms with van der Waals surface area (Å²) in [4.78, 5) is 12.5. The zero-order valence-corrected chi connectivity index (χ0v) is 15.7. The second-order valence-corrected chi connectivity index (χ2v) is 5.64. The van der Waals surface area contributed by atoms with Gasteiger partial charge in [-0.3, -0.25) is 0 Å². The number of hydrogen-bond donors (Lipinski definition) is 1. The molecule has 0 aliphatic heterocycles. The Morgan fingerprint density at radius 3 is 2.30 bits per heavy atom. The zero-order valence-electron chi connectivity index (χ0n) is 15.7. The topological polar surface area (TPSA) is 75.0 Å². The first-order valence-electron chi connectivity index (χ1n) is 8.47. The molecule has 140 valence electrons. The quantitative estimate of drug-likeness (QED) is 0.235. The first-order valence-corrected chi connectivity index (χ1v) is 8.47. The third-order valence-electron chi connectivity index (χ3n) is 3.99. The molecule has 0 atom stereocenters. The maximum atomic E-state index is 12.5. The SMILES string of the molecule is C=C(/C(C(=O)OC)=C(/C)N(N=N)c1ccccc1)c1ccc(OCC)cc1. The molecule has 2 aromatic carbocycles. The lowest BCUT2D eigenvalue weighted by molar-refractivity contribution is -0.135. The van der Waals surface area contributed by atoms with E-state index in [9.17, 15) is 4.79 Å². The van der Waals surface area contributed by atoms with E-state index in [1.165, 1.54) is 12.1 Å². The summed E-state index contributed by atoms with van der Waals surface area (Å²) in [5.41, 5.74) is 10.1. The standard InChI is InChI=1S/C21H23N3O3/c1-5-27-19-13-11-17(12-14-19)15(2)20(21(25)26-4)16(3)24(23-22)18-9-7-6-8-10-18/h6-14,22H,2,5H2,1,3-4H3/b20-16+,23-22?. The summed E-state index contributed by atoms with van der Waals surface area (Å²) in [5.74, 6) is 0.192. The molecule has 27 heavy (non-hydrogen) atoms. The zero-order chi connectivity index (χ0) is 19.8.